The molecule has 0 saturated heterocycles. The number of carbonyl (C=O) groups excluding carboxylic acids is 1. The Morgan fingerprint density at radius 3 is 2.44 bits per heavy atom. The van der Waals surface area contributed by atoms with Gasteiger partial charge in [-0.2, -0.15) is 0 Å². The van der Waals surface area contributed by atoms with Crippen LogP contribution in [0.25, 0.3) is 0 Å². The topological polar surface area (TPSA) is 17.1 Å². The minimum atomic E-state index is 0.633. The molecule has 0 unspecified atom stereocenters. The average molecular weight is 212 g/mol. The number of carbonyl (C=O) groups is 1. The zero-order valence-corrected chi connectivity index (χ0v) is 9.57. The summed E-state index contributed by atoms with van der Waals surface area (Å²) in [5.74, 6) is 11.0. The van der Waals surface area contributed by atoms with Crippen molar-refractivity contribution in [2.75, 3.05) is 0 Å². The van der Waals surface area contributed by atoms with Gasteiger partial charge in [-0.1, -0.05) is 36.1 Å². The Labute approximate surface area is 97.9 Å². The molecule has 0 bridgehead atoms. The van der Waals surface area contributed by atoms with E-state index >= 15 is 0 Å². The summed E-state index contributed by atoms with van der Waals surface area (Å²) in [6.45, 7) is 1.91. The molecule has 0 saturated carbocycles. The highest BCUT2D eigenvalue weighted by molar-refractivity contribution is 5.49. The van der Waals surface area contributed by atoms with E-state index in [2.05, 4.69) is 23.7 Å². The zero-order valence-electron chi connectivity index (χ0n) is 9.57. The second-order valence-electron chi connectivity index (χ2n) is 2.92. The maximum absolute atomic E-state index is 10.0. The van der Waals surface area contributed by atoms with Gasteiger partial charge in [0.25, 0.3) is 0 Å². The van der Waals surface area contributed by atoms with E-state index < -0.39 is 0 Å². The second kappa shape index (κ2) is 13.0. The van der Waals surface area contributed by atoms with E-state index in [9.17, 15) is 4.79 Å². The molecule has 0 atom stereocenters. The number of rotatable bonds is 5. The Bertz CT molecular complexity index is 375. The second-order valence-corrected chi connectivity index (χ2v) is 2.92. The van der Waals surface area contributed by atoms with Crippen molar-refractivity contribution in [2.24, 2.45) is 0 Å². The van der Waals surface area contributed by atoms with Crippen molar-refractivity contribution in [3.05, 3.63) is 36.5 Å². The standard InChI is InChI=1S/C15H16O/c1-2-3-4-5-6-7-8-9-10-11-12-13-14-15-16/h2-3,8-11,15H,12-14H2,1H3. The summed E-state index contributed by atoms with van der Waals surface area (Å²) in [7, 11) is 0. The summed E-state index contributed by atoms with van der Waals surface area (Å²) >= 11 is 0. The maximum Gasteiger partial charge on any atom is 0.120 e. The van der Waals surface area contributed by atoms with Crippen LogP contribution in [-0.4, -0.2) is 6.29 Å². The Balaban J connectivity index is 3.69. The van der Waals surface area contributed by atoms with Gasteiger partial charge in [-0.25, -0.2) is 0 Å². The van der Waals surface area contributed by atoms with Crippen molar-refractivity contribution >= 4 is 6.29 Å². The molecule has 0 fully saturated rings. The van der Waals surface area contributed by atoms with Gasteiger partial charge in [-0.15, -0.1) is 0 Å². The van der Waals surface area contributed by atoms with Crippen molar-refractivity contribution < 1.29 is 4.79 Å². The van der Waals surface area contributed by atoms with Gasteiger partial charge in [0.1, 0.15) is 6.29 Å². The SMILES string of the molecule is CC=CC#CC#CC=CC=CCCCC=O. The minimum absolute atomic E-state index is 0.633. The summed E-state index contributed by atoms with van der Waals surface area (Å²) in [6.07, 6.45) is 14.6. The molecule has 0 aromatic rings. The minimum Gasteiger partial charge on any atom is -0.303 e. The van der Waals surface area contributed by atoms with Gasteiger partial charge in [-0.05, 0) is 43.8 Å². The van der Waals surface area contributed by atoms with E-state index in [1.165, 1.54) is 0 Å². The lowest BCUT2D eigenvalue weighted by atomic mass is 10.2. The molecule has 0 aliphatic carbocycles. The number of aldehydes is 1. The molecule has 0 aliphatic heterocycles. The summed E-state index contributed by atoms with van der Waals surface area (Å²) in [5.41, 5.74) is 0. The van der Waals surface area contributed by atoms with Crippen LogP contribution in [0.15, 0.2) is 36.5 Å². The molecular formula is C15H16O. The molecule has 0 amide bonds. The first-order valence-corrected chi connectivity index (χ1v) is 5.29. The molecule has 0 aromatic heterocycles. The van der Waals surface area contributed by atoms with E-state index in [1.807, 2.05) is 31.2 Å². The third-order valence-corrected chi connectivity index (χ3v) is 1.58. The lowest BCUT2D eigenvalue weighted by molar-refractivity contribution is -0.107. The zero-order chi connectivity index (χ0) is 11.9. The molecule has 0 spiro atoms. The molecule has 16 heavy (non-hydrogen) atoms. The van der Waals surface area contributed by atoms with Crippen LogP contribution in [0.2, 0.25) is 0 Å². The van der Waals surface area contributed by atoms with Crippen LogP contribution in [0.3, 0.4) is 0 Å². The monoisotopic (exact) mass is 212 g/mol. The fourth-order valence-corrected chi connectivity index (χ4v) is 0.836. The molecule has 0 aromatic carbocycles. The molecular weight excluding hydrogens is 196 g/mol. The van der Waals surface area contributed by atoms with E-state index in [1.54, 1.807) is 12.2 Å². The fraction of sp³-hybridized carbons (Fsp3) is 0.267. The molecule has 82 valence electrons. The number of hydrogen-bond acceptors (Lipinski definition) is 1. The average Bonchev–Trinajstić information content (AvgIpc) is 2.31. The summed E-state index contributed by atoms with van der Waals surface area (Å²) in [6, 6.07) is 0. The Hall–Kier alpha value is -1.99. The van der Waals surface area contributed by atoms with Crippen LogP contribution >= 0.6 is 0 Å². The molecule has 1 heteroatoms. The van der Waals surface area contributed by atoms with E-state index in [0.29, 0.717) is 6.42 Å². The van der Waals surface area contributed by atoms with E-state index in [4.69, 9.17) is 0 Å². The molecule has 0 N–H and O–H groups in total. The molecule has 0 radical (unpaired) electrons. The summed E-state index contributed by atoms with van der Waals surface area (Å²) < 4.78 is 0. The van der Waals surface area contributed by atoms with Crippen LogP contribution in [0.1, 0.15) is 26.2 Å². The lowest BCUT2D eigenvalue weighted by Crippen LogP contribution is -1.72. The van der Waals surface area contributed by atoms with Crippen molar-refractivity contribution in [1.29, 1.82) is 0 Å². The van der Waals surface area contributed by atoms with Gasteiger partial charge >= 0.3 is 0 Å². The highest BCUT2D eigenvalue weighted by Gasteiger charge is 1.79. The number of unbranched alkanes of at least 4 members (excludes halogenated alkanes) is 2. The predicted octanol–water partition coefficient (Wildman–Crippen LogP) is 3.05. The predicted molar refractivity (Wildman–Crippen MR) is 68.6 cm³/mol. The molecule has 1 nitrogen and oxygen atoms in total. The van der Waals surface area contributed by atoms with Crippen molar-refractivity contribution in [3.63, 3.8) is 0 Å². The van der Waals surface area contributed by atoms with Crippen LogP contribution in [0.5, 0.6) is 0 Å². The van der Waals surface area contributed by atoms with Crippen molar-refractivity contribution in [2.45, 2.75) is 26.2 Å². The van der Waals surface area contributed by atoms with Crippen LogP contribution in [-0.2, 0) is 4.79 Å². The van der Waals surface area contributed by atoms with Gasteiger partial charge < -0.3 is 4.79 Å². The molecule has 0 aliphatic rings. The van der Waals surface area contributed by atoms with E-state index in [-0.39, 0.29) is 0 Å². The van der Waals surface area contributed by atoms with Crippen molar-refractivity contribution in [1.82, 2.24) is 0 Å². The summed E-state index contributed by atoms with van der Waals surface area (Å²) in [5, 5.41) is 0. The highest BCUT2D eigenvalue weighted by Crippen LogP contribution is 1.93. The smallest absolute Gasteiger partial charge is 0.120 e. The largest absolute Gasteiger partial charge is 0.303 e. The Morgan fingerprint density at radius 1 is 1.00 bits per heavy atom. The third-order valence-electron chi connectivity index (χ3n) is 1.58. The van der Waals surface area contributed by atoms with Crippen LogP contribution < -0.4 is 0 Å². The first-order valence-electron chi connectivity index (χ1n) is 5.29. The molecule has 0 heterocycles. The van der Waals surface area contributed by atoms with Crippen molar-refractivity contribution in [3.8, 4) is 23.7 Å². The van der Waals surface area contributed by atoms with Crippen LogP contribution in [0, 0.1) is 23.7 Å². The highest BCUT2D eigenvalue weighted by atomic mass is 16.1. The number of hydrogen-bond donors (Lipinski definition) is 0. The lowest BCUT2D eigenvalue weighted by Gasteiger charge is -1.84. The van der Waals surface area contributed by atoms with Crippen LogP contribution in [0.4, 0.5) is 0 Å². The summed E-state index contributed by atoms with van der Waals surface area (Å²) in [4.78, 5) is 10.0. The van der Waals surface area contributed by atoms with Gasteiger partial charge in [0.05, 0.1) is 0 Å². The quantitative estimate of drug-likeness (QED) is 0.296. The Kier molecular flexibility index (Phi) is 11.4. The van der Waals surface area contributed by atoms with Gasteiger partial charge in [0.15, 0.2) is 0 Å². The first-order chi connectivity index (χ1) is 7.91. The van der Waals surface area contributed by atoms with Gasteiger partial charge in [0.2, 0.25) is 0 Å². The number of allylic oxidation sites excluding steroid dienone is 6. The van der Waals surface area contributed by atoms with Gasteiger partial charge in [-0.3, -0.25) is 0 Å². The Morgan fingerprint density at radius 2 is 1.75 bits per heavy atom. The fourth-order valence-electron chi connectivity index (χ4n) is 0.836. The molecule has 0 rings (SSSR count). The van der Waals surface area contributed by atoms with Gasteiger partial charge in [0, 0.05) is 6.42 Å². The first kappa shape index (κ1) is 14.0. The van der Waals surface area contributed by atoms with E-state index in [0.717, 1.165) is 19.1 Å². The normalized spacial score (nSPS) is 10.1. The third kappa shape index (κ3) is 12.0. The maximum atomic E-state index is 10.0.